The molecule has 0 bridgehead atoms. The Morgan fingerprint density at radius 2 is 2.18 bits per heavy atom. The van der Waals surface area contributed by atoms with Gasteiger partial charge < -0.3 is 0 Å². The maximum Gasteiger partial charge on any atom is 0.0834 e. The Balaban J connectivity index is 2.62. The van der Waals surface area contributed by atoms with E-state index >= 15 is 0 Å². The summed E-state index contributed by atoms with van der Waals surface area (Å²) in [5, 5.41) is 4.94. The molecule has 0 aliphatic rings. The maximum absolute atomic E-state index is 6.16. The van der Waals surface area contributed by atoms with Crippen LogP contribution >= 0.6 is 11.6 Å². The third-order valence-electron chi connectivity index (χ3n) is 3.01. The van der Waals surface area contributed by atoms with E-state index in [1.165, 1.54) is 19.3 Å². The summed E-state index contributed by atoms with van der Waals surface area (Å²) in [6, 6.07) is 0.0989. The number of nitrogens with one attached hydrogen (secondary N) is 1. The van der Waals surface area contributed by atoms with Gasteiger partial charge >= 0.3 is 0 Å². The van der Waals surface area contributed by atoms with Crippen LogP contribution in [0.1, 0.15) is 57.7 Å². The van der Waals surface area contributed by atoms with E-state index < -0.39 is 0 Å². The number of hydrogen-bond donors (Lipinski definition) is 2. The molecule has 5 heteroatoms. The quantitative estimate of drug-likeness (QED) is 0.428. The molecule has 0 saturated heterocycles. The molecule has 3 N–H and O–H groups in total. The first-order valence-corrected chi connectivity index (χ1v) is 6.79. The van der Waals surface area contributed by atoms with Crippen LogP contribution in [0.15, 0.2) is 6.20 Å². The number of hydrogen-bond acceptors (Lipinski definition) is 3. The van der Waals surface area contributed by atoms with Crippen molar-refractivity contribution in [2.45, 2.75) is 58.5 Å². The molecule has 4 nitrogen and oxygen atoms in total. The van der Waals surface area contributed by atoms with E-state index in [-0.39, 0.29) is 6.04 Å². The smallest absolute Gasteiger partial charge is 0.0834 e. The number of nitrogens with zero attached hydrogens (tertiary/aromatic N) is 2. The topological polar surface area (TPSA) is 55.9 Å². The average molecular weight is 259 g/mol. The summed E-state index contributed by atoms with van der Waals surface area (Å²) in [6.45, 7) is 5.08. The fourth-order valence-electron chi connectivity index (χ4n) is 2.04. The molecule has 1 aromatic heterocycles. The van der Waals surface area contributed by atoms with Gasteiger partial charge in [0.25, 0.3) is 0 Å². The van der Waals surface area contributed by atoms with Gasteiger partial charge in [-0.15, -0.1) is 0 Å². The predicted molar refractivity (Wildman–Crippen MR) is 71.7 cm³/mol. The van der Waals surface area contributed by atoms with Gasteiger partial charge in [0.15, 0.2) is 0 Å². The van der Waals surface area contributed by atoms with Crippen molar-refractivity contribution in [3.05, 3.63) is 16.9 Å². The van der Waals surface area contributed by atoms with Gasteiger partial charge in [-0.1, -0.05) is 44.2 Å². The van der Waals surface area contributed by atoms with Crippen LogP contribution < -0.4 is 11.3 Å². The summed E-state index contributed by atoms with van der Waals surface area (Å²) in [6.07, 6.45) is 7.62. The molecule has 0 spiro atoms. The van der Waals surface area contributed by atoms with E-state index in [0.29, 0.717) is 5.02 Å². The molecule has 0 aliphatic heterocycles. The van der Waals surface area contributed by atoms with E-state index in [9.17, 15) is 0 Å². The summed E-state index contributed by atoms with van der Waals surface area (Å²) < 4.78 is 1.91. The first kappa shape index (κ1) is 14.5. The largest absolute Gasteiger partial charge is 0.271 e. The van der Waals surface area contributed by atoms with E-state index in [0.717, 1.165) is 25.1 Å². The fourth-order valence-corrected chi connectivity index (χ4v) is 2.32. The number of halogens is 1. The van der Waals surface area contributed by atoms with Crippen molar-refractivity contribution in [3.63, 3.8) is 0 Å². The zero-order chi connectivity index (χ0) is 12.7. The molecule has 0 fully saturated rings. The molecule has 0 aliphatic carbocycles. The lowest BCUT2D eigenvalue weighted by Gasteiger charge is -2.17. The van der Waals surface area contributed by atoms with Crippen LogP contribution in [0.2, 0.25) is 5.02 Å². The van der Waals surface area contributed by atoms with Crippen molar-refractivity contribution in [2.24, 2.45) is 5.84 Å². The van der Waals surface area contributed by atoms with E-state index in [4.69, 9.17) is 17.4 Å². The molecule has 1 unspecified atom stereocenters. The average Bonchev–Trinajstić information content (AvgIpc) is 2.71. The molecular weight excluding hydrogens is 236 g/mol. The predicted octanol–water partition coefficient (Wildman–Crippen LogP) is 3.03. The Hall–Kier alpha value is -0.580. The van der Waals surface area contributed by atoms with Crippen LogP contribution in [0.4, 0.5) is 0 Å². The second-order valence-electron chi connectivity index (χ2n) is 4.26. The molecule has 1 heterocycles. The molecule has 1 aromatic rings. The van der Waals surface area contributed by atoms with Crippen LogP contribution in [-0.2, 0) is 6.54 Å². The summed E-state index contributed by atoms with van der Waals surface area (Å²) >= 11 is 6.16. The number of nitrogens with two attached hydrogens (primary N) is 1. The van der Waals surface area contributed by atoms with Crippen LogP contribution in [0.3, 0.4) is 0 Å². The van der Waals surface area contributed by atoms with Crippen LogP contribution in [0.25, 0.3) is 0 Å². The molecule has 1 rings (SSSR count). The van der Waals surface area contributed by atoms with Crippen molar-refractivity contribution >= 4 is 11.6 Å². The van der Waals surface area contributed by atoms with Crippen LogP contribution in [0, 0.1) is 0 Å². The van der Waals surface area contributed by atoms with E-state index in [1.807, 2.05) is 4.68 Å². The first-order valence-electron chi connectivity index (χ1n) is 6.41. The van der Waals surface area contributed by atoms with Crippen molar-refractivity contribution in [1.82, 2.24) is 15.2 Å². The van der Waals surface area contributed by atoms with E-state index in [2.05, 4.69) is 24.4 Å². The Labute approximate surface area is 108 Å². The summed E-state index contributed by atoms with van der Waals surface area (Å²) in [7, 11) is 0. The zero-order valence-electron chi connectivity index (χ0n) is 10.7. The van der Waals surface area contributed by atoms with Gasteiger partial charge in [0, 0.05) is 6.54 Å². The zero-order valence-corrected chi connectivity index (χ0v) is 11.5. The minimum absolute atomic E-state index is 0.0989. The molecular formula is C12H23ClN4. The minimum atomic E-state index is 0.0989. The highest BCUT2D eigenvalue weighted by atomic mass is 35.5. The number of aryl methyl sites for hydroxylation is 1. The van der Waals surface area contributed by atoms with Gasteiger partial charge in [-0.2, -0.15) is 5.10 Å². The Bertz CT molecular complexity index is 324. The molecule has 0 amide bonds. The fraction of sp³-hybridized carbons (Fsp3) is 0.750. The van der Waals surface area contributed by atoms with Crippen molar-refractivity contribution in [3.8, 4) is 0 Å². The van der Waals surface area contributed by atoms with Gasteiger partial charge in [-0.3, -0.25) is 16.0 Å². The number of hydrazine groups is 1. The van der Waals surface area contributed by atoms with Gasteiger partial charge in [0.1, 0.15) is 0 Å². The highest BCUT2D eigenvalue weighted by molar-refractivity contribution is 6.31. The molecule has 0 aromatic carbocycles. The van der Waals surface area contributed by atoms with Crippen LogP contribution in [-0.4, -0.2) is 9.78 Å². The summed E-state index contributed by atoms with van der Waals surface area (Å²) in [5.74, 6) is 5.62. The first-order chi connectivity index (χ1) is 8.24. The monoisotopic (exact) mass is 258 g/mol. The Kier molecular flexibility index (Phi) is 6.55. The second kappa shape index (κ2) is 7.69. The summed E-state index contributed by atoms with van der Waals surface area (Å²) in [4.78, 5) is 0. The van der Waals surface area contributed by atoms with Gasteiger partial charge in [-0.05, 0) is 13.3 Å². The SMILES string of the molecule is CCCCCCC(NN)c1c(Cl)cnn1CC. The molecule has 1 atom stereocenters. The van der Waals surface area contributed by atoms with Crippen molar-refractivity contribution < 1.29 is 0 Å². The number of aromatic nitrogens is 2. The lowest BCUT2D eigenvalue weighted by Crippen LogP contribution is -2.30. The third-order valence-corrected chi connectivity index (χ3v) is 3.30. The standard InChI is InChI=1S/C12H23ClN4/c1-3-5-6-7-8-11(16-14)12-10(13)9-15-17(12)4-2/h9,11,16H,3-8,14H2,1-2H3. The van der Waals surface area contributed by atoms with Gasteiger partial charge in [0.2, 0.25) is 0 Å². The van der Waals surface area contributed by atoms with Crippen molar-refractivity contribution in [1.29, 1.82) is 0 Å². The molecule has 98 valence electrons. The van der Waals surface area contributed by atoms with Gasteiger partial charge in [-0.25, -0.2) is 0 Å². The highest BCUT2D eigenvalue weighted by Crippen LogP contribution is 2.26. The minimum Gasteiger partial charge on any atom is -0.271 e. The van der Waals surface area contributed by atoms with E-state index in [1.54, 1.807) is 6.20 Å². The molecule has 17 heavy (non-hydrogen) atoms. The lowest BCUT2D eigenvalue weighted by molar-refractivity contribution is 0.445. The van der Waals surface area contributed by atoms with Gasteiger partial charge in [0.05, 0.1) is 23.0 Å². The molecule has 0 radical (unpaired) electrons. The lowest BCUT2D eigenvalue weighted by atomic mass is 10.1. The second-order valence-corrected chi connectivity index (χ2v) is 4.67. The normalized spacial score (nSPS) is 12.9. The molecule has 0 saturated carbocycles. The number of unbranched alkanes of at least 4 members (excludes halogenated alkanes) is 3. The van der Waals surface area contributed by atoms with Crippen LogP contribution in [0.5, 0.6) is 0 Å². The third kappa shape index (κ3) is 3.98. The Morgan fingerprint density at radius 1 is 1.41 bits per heavy atom. The summed E-state index contributed by atoms with van der Waals surface area (Å²) in [5.41, 5.74) is 3.86. The van der Waals surface area contributed by atoms with Crippen molar-refractivity contribution in [2.75, 3.05) is 0 Å². The maximum atomic E-state index is 6.16. The number of rotatable bonds is 8. The highest BCUT2D eigenvalue weighted by Gasteiger charge is 2.18. The Morgan fingerprint density at radius 3 is 2.76 bits per heavy atom.